The van der Waals surface area contributed by atoms with E-state index < -0.39 is 0 Å². The van der Waals surface area contributed by atoms with Crippen molar-refractivity contribution in [2.24, 2.45) is 7.05 Å². The topological polar surface area (TPSA) is 44.9 Å². The molecule has 4 nitrogen and oxygen atoms in total. The van der Waals surface area contributed by atoms with E-state index in [1.165, 1.54) is 0 Å². The summed E-state index contributed by atoms with van der Waals surface area (Å²) in [5.41, 5.74) is 2.10. The molecule has 0 spiro atoms. The molecule has 70 valence electrons. The smallest absolute Gasteiger partial charge is 0.100 e. The van der Waals surface area contributed by atoms with Crippen LogP contribution in [0.15, 0.2) is 6.20 Å². The van der Waals surface area contributed by atoms with Gasteiger partial charge in [0.2, 0.25) is 0 Å². The second-order valence-electron chi connectivity index (χ2n) is 3.48. The van der Waals surface area contributed by atoms with E-state index in [2.05, 4.69) is 5.10 Å². The van der Waals surface area contributed by atoms with Gasteiger partial charge in [0, 0.05) is 26.2 Å². The molecule has 13 heavy (non-hydrogen) atoms. The first-order valence-electron chi connectivity index (χ1n) is 4.53. The van der Waals surface area contributed by atoms with Crippen molar-refractivity contribution in [1.82, 2.24) is 9.78 Å². The summed E-state index contributed by atoms with van der Waals surface area (Å²) < 4.78 is 1.80. The van der Waals surface area contributed by atoms with Crippen LogP contribution in [0.5, 0.6) is 0 Å². The van der Waals surface area contributed by atoms with Crippen molar-refractivity contribution in [2.75, 3.05) is 11.4 Å². The summed E-state index contributed by atoms with van der Waals surface area (Å²) in [5.74, 6) is 0.719. The van der Waals surface area contributed by atoms with Gasteiger partial charge >= 0.3 is 0 Å². The molecule has 2 heterocycles. The number of amidine groups is 1. The Morgan fingerprint density at radius 3 is 2.77 bits per heavy atom. The lowest BCUT2D eigenvalue weighted by molar-refractivity contribution is 0.756. The van der Waals surface area contributed by atoms with E-state index in [0.717, 1.165) is 36.6 Å². The van der Waals surface area contributed by atoms with Crippen LogP contribution < -0.4 is 4.90 Å². The molecule has 0 bridgehead atoms. The zero-order valence-electron chi connectivity index (χ0n) is 8.04. The number of aromatic nitrogens is 2. The molecule has 0 aliphatic carbocycles. The highest BCUT2D eigenvalue weighted by Crippen LogP contribution is 2.23. The number of rotatable bonds is 1. The van der Waals surface area contributed by atoms with Crippen molar-refractivity contribution in [2.45, 2.75) is 19.8 Å². The predicted molar refractivity (Wildman–Crippen MR) is 52.3 cm³/mol. The van der Waals surface area contributed by atoms with E-state index in [0.29, 0.717) is 0 Å². The first kappa shape index (κ1) is 8.29. The van der Waals surface area contributed by atoms with E-state index in [-0.39, 0.29) is 0 Å². The summed E-state index contributed by atoms with van der Waals surface area (Å²) in [6, 6.07) is 0. The molecule has 0 saturated carbocycles. The second-order valence-corrected chi connectivity index (χ2v) is 3.48. The summed E-state index contributed by atoms with van der Waals surface area (Å²) in [6.07, 6.45) is 3.97. The van der Waals surface area contributed by atoms with Crippen LogP contribution in [0.2, 0.25) is 0 Å². The first-order valence-corrected chi connectivity index (χ1v) is 4.53. The van der Waals surface area contributed by atoms with Gasteiger partial charge in [0.25, 0.3) is 0 Å². The molecule has 0 radical (unpaired) electrons. The fraction of sp³-hybridized carbons (Fsp3) is 0.556. The molecule has 1 aromatic heterocycles. The van der Waals surface area contributed by atoms with Gasteiger partial charge in [-0.1, -0.05) is 0 Å². The van der Waals surface area contributed by atoms with E-state index in [9.17, 15) is 0 Å². The van der Waals surface area contributed by atoms with Crippen molar-refractivity contribution in [3.8, 4) is 0 Å². The minimum absolute atomic E-state index is 0.719. The summed E-state index contributed by atoms with van der Waals surface area (Å²) in [7, 11) is 1.91. The van der Waals surface area contributed by atoms with E-state index in [4.69, 9.17) is 5.41 Å². The Balaban J connectivity index is 2.34. The van der Waals surface area contributed by atoms with Crippen LogP contribution in [0.1, 0.15) is 18.5 Å². The average Bonchev–Trinajstić information content (AvgIpc) is 2.58. The Kier molecular flexibility index (Phi) is 1.83. The normalized spacial score (nSPS) is 17.1. The number of nitrogens with zero attached hydrogens (tertiary/aromatic N) is 3. The molecule has 1 aliphatic heterocycles. The highest BCUT2D eigenvalue weighted by Gasteiger charge is 2.21. The molecule has 1 aromatic rings. The lowest BCUT2D eigenvalue weighted by atomic mass is 10.3. The Morgan fingerprint density at radius 1 is 1.54 bits per heavy atom. The number of aryl methyl sites for hydroxylation is 2. The molecular weight excluding hydrogens is 164 g/mol. The Morgan fingerprint density at radius 2 is 2.31 bits per heavy atom. The molecular formula is C9H14N4. The minimum Gasteiger partial charge on any atom is -0.327 e. The third-order valence-corrected chi connectivity index (χ3v) is 2.40. The van der Waals surface area contributed by atoms with Crippen LogP contribution in [0, 0.1) is 12.3 Å². The summed E-state index contributed by atoms with van der Waals surface area (Å²) in [4.78, 5) is 2.04. The number of nitrogens with one attached hydrogen (secondary N) is 1. The van der Waals surface area contributed by atoms with Crippen molar-refractivity contribution < 1.29 is 0 Å². The SMILES string of the molecule is Cc1nn(C)cc1N1CCCC1=N. The highest BCUT2D eigenvalue weighted by atomic mass is 15.3. The lowest BCUT2D eigenvalue weighted by Crippen LogP contribution is -2.23. The monoisotopic (exact) mass is 178 g/mol. The van der Waals surface area contributed by atoms with Crippen LogP contribution in [0.3, 0.4) is 0 Å². The van der Waals surface area contributed by atoms with Gasteiger partial charge in [-0.25, -0.2) is 0 Å². The average molecular weight is 178 g/mol. The van der Waals surface area contributed by atoms with Crippen molar-refractivity contribution >= 4 is 11.5 Å². The summed E-state index contributed by atoms with van der Waals surface area (Å²) in [6.45, 7) is 2.95. The van der Waals surface area contributed by atoms with Gasteiger partial charge in [-0.2, -0.15) is 5.10 Å². The summed E-state index contributed by atoms with van der Waals surface area (Å²) >= 11 is 0. The maximum Gasteiger partial charge on any atom is 0.100 e. The standard InChI is InChI=1S/C9H14N4/c1-7-8(6-12(2)11-7)13-5-3-4-9(13)10/h6,10H,3-5H2,1-2H3. The quantitative estimate of drug-likeness (QED) is 0.704. The maximum atomic E-state index is 7.74. The van der Waals surface area contributed by atoms with Gasteiger partial charge in [0.05, 0.1) is 11.4 Å². The minimum atomic E-state index is 0.719. The Bertz CT molecular complexity index is 339. The lowest BCUT2D eigenvalue weighted by Gasteiger charge is -2.15. The second kappa shape index (κ2) is 2.87. The zero-order chi connectivity index (χ0) is 9.42. The van der Waals surface area contributed by atoms with Gasteiger partial charge in [-0.15, -0.1) is 0 Å². The van der Waals surface area contributed by atoms with E-state index in [1.54, 1.807) is 4.68 Å². The van der Waals surface area contributed by atoms with Gasteiger partial charge < -0.3 is 4.90 Å². The number of hydrogen-bond acceptors (Lipinski definition) is 2. The zero-order valence-corrected chi connectivity index (χ0v) is 8.04. The van der Waals surface area contributed by atoms with Crippen molar-refractivity contribution in [3.63, 3.8) is 0 Å². The van der Waals surface area contributed by atoms with Crippen LogP contribution >= 0.6 is 0 Å². The van der Waals surface area contributed by atoms with Crippen molar-refractivity contribution in [1.29, 1.82) is 5.41 Å². The highest BCUT2D eigenvalue weighted by molar-refractivity contribution is 5.97. The number of hydrogen-bond donors (Lipinski definition) is 1. The van der Waals surface area contributed by atoms with E-state index >= 15 is 0 Å². The molecule has 0 aromatic carbocycles. The molecule has 0 amide bonds. The molecule has 1 aliphatic rings. The van der Waals surface area contributed by atoms with Crippen LogP contribution in [-0.4, -0.2) is 22.2 Å². The van der Waals surface area contributed by atoms with Gasteiger partial charge in [0.1, 0.15) is 5.84 Å². The van der Waals surface area contributed by atoms with Crippen molar-refractivity contribution in [3.05, 3.63) is 11.9 Å². The van der Waals surface area contributed by atoms with Crippen LogP contribution in [0.25, 0.3) is 0 Å². The fourth-order valence-corrected chi connectivity index (χ4v) is 1.79. The number of anilines is 1. The first-order chi connectivity index (χ1) is 6.18. The Hall–Kier alpha value is -1.32. The van der Waals surface area contributed by atoms with Gasteiger partial charge in [-0.05, 0) is 13.3 Å². The third-order valence-electron chi connectivity index (χ3n) is 2.40. The molecule has 0 atom stereocenters. The Labute approximate surface area is 77.7 Å². The molecule has 2 rings (SSSR count). The largest absolute Gasteiger partial charge is 0.327 e. The molecule has 1 saturated heterocycles. The third kappa shape index (κ3) is 1.32. The molecule has 1 N–H and O–H groups in total. The van der Waals surface area contributed by atoms with Crippen LogP contribution in [0.4, 0.5) is 5.69 Å². The summed E-state index contributed by atoms with van der Waals surface area (Å²) in [5, 5.41) is 12.0. The fourth-order valence-electron chi connectivity index (χ4n) is 1.79. The maximum absolute atomic E-state index is 7.74. The van der Waals surface area contributed by atoms with Gasteiger partial charge in [-0.3, -0.25) is 10.1 Å². The molecule has 0 unspecified atom stereocenters. The van der Waals surface area contributed by atoms with Gasteiger partial charge in [0.15, 0.2) is 0 Å². The molecule has 1 fully saturated rings. The predicted octanol–water partition coefficient (Wildman–Crippen LogP) is 1.31. The molecule has 4 heteroatoms. The van der Waals surface area contributed by atoms with Crippen LogP contribution in [-0.2, 0) is 7.05 Å². The van der Waals surface area contributed by atoms with E-state index in [1.807, 2.05) is 25.1 Å².